The molecule has 2 saturated carbocycles. The third-order valence-electron chi connectivity index (χ3n) is 17.5. The molecular weight excluding hydrogens is 995 g/mol. The van der Waals surface area contributed by atoms with Crippen LogP contribution < -0.4 is 5.32 Å². The van der Waals surface area contributed by atoms with E-state index in [2.05, 4.69) is 5.32 Å². The number of ketones is 1. The molecule has 18 heteroatoms. The summed E-state index contributed by atoms with van der Waals surface area (Å²) in [6.07, 6.45) is -8.61. The summed E-state index contributed by atoms with van der Waals surface area (Å²) < 4.78 is 51.7. The number of carbonyl (C=O) groups is 6. The maximum absolute atomic E-state index is 16.5. The molecule has 0 radical (unpaired) electrons. The molecule has 2 aromatic carbocycles. The van der Waals surface area contributed by atoms with Crippen molar-refractivity contribution in [3.05, 3.63) is 94.6 Å². The van der Waals surface area contributed by atoms with Gasteiger partial charge < -0.3 is 47.7 Å². The van der Waals surface area contributed by atoms with E-state index in [-0.39, 0.29) is 18.6 Å². The summed E-state index contributed by atoms with van der Waals surface area (Å²) in [6, 6.07) is 18.4. The number of allylic oxidation sites excluding steroid dienone is 1. The second kappa shape index (κ2) is 22.2. The number of Topliss-reactive ketones (excluding diaryl/α,β-unsaturated/α-hetero) is 1. The molecule has 4 aliphatic rings. The first-order valence-corrected chi connectivity index (χ1v) is 31.7. The molecule has 1 amide bonds. The Morgan fingerprint density at radius 3 is 1.99 bits per heavy atom. The molecule has 2 aromatic rings. The number of ether oxygens (including phenoxy) is 6. The Morgan fingerprint density at radius 1 is 0.893 bits per heavy atom. The molecule has 6 rings (SSSR count). The summed E-state index contributed by atoms with van der Waals surface area (Å²) in [5.74, 6) is -5.21. The lowest BCUT2D eigenvalue weighted by Gasteiger charge is -2.68. The van der Waals surface area contributed by atoms with Gasteiger partial charge in [-0.15, -0.1) is 0 Å². The molecule has 1 aliphatic heterocycles. The molecule has 0 aromatic heterocycles. The van der Waals surface area contributed by atoms with Gasteiger partial charge in [0.25, 0.3) is 5.91 Å². The highest BCUT2D eigenvalue weighted by atomic mass is 28.4. The van der Waals surface area contributed by atoms with Gasteiger partial charge in [0, 0.05) is 36.8 Å². The monoisotopic (exact) mass is 1080 g/mol. The normalized spacial score (nSPS) is 29.1. The van der Waals surface area contributed by atoms with Gasteiger partial charge in [-0.1, -0.05) is 109 Å². The minimum absolute atomic E-state index is 0.0466. The number of carbonyl (C=O) groups excluding carboxylic acids is 6. The van der Waals surface area contributed by atoms with Crippen LogP contribution in [0.2, 0.25) is 36.3 Å². The lowest BCUT2D eigenvalue weighted by Crippen LogP contribution is -2.82. The van der Waals surface area contributed by atoms with Crippen molar-refractivity contribution in [2.45, 2.75) is 193 Å². The lowest BCUT2D eigenvalue weighted by molar-refractivity contribution is -0.344. The first-order valence-electron chi connectivity index (χ1n) is 26.3. The SMILES string of the molecule is CC[Si](CC)(CC)O[C@H]1C[C@H]2OC[C@@]2(OC(=O)OC)C2C(OC(=O)C=C(C)C)[C@]3(O)C[C@H](OC(=O)[C@H](O[Si](C)(C)C(C)(C)C)[C@@H](NC(=O)c4ccccc4)c4ccccc4)C(C)=C([C@@H](OC(C)=O)C(=O)[C@@]21C)C3(C)C. The van der Waals surface area contributed by atoms with Gasteiger partial charge >= 0.3 is 24.1 Å². The van der Waals surface area contributed by atoms with Crippen LogP contribution in [0.25, 0.3) is 0 Å². The highest BCUT2D eigenvalue weighted by molar-refractivity contribution is 6.74. The maximum atomic E-state index is 16.5. The summed E-state index contributed by atoms with van der Waals surface area (Å²) in [4.78, 5) is 88.0. The van der Waals surface area contributed by atoms with Crippen molar-refractivity contribution in [2.75, 3.05) is 13.7 Å². The number of hydrogen-bond donors (Lipinski definition) is 2. The number of nitrogens with one attached hydrogen (secondary N) is 1. The predicted molar refractivity (Wildman–Crippen MR) is 285 cm³/mol. The number of aliphatic hydroxyl groups is 1. The van der Waals surface area contributed by atoms with Crippen molar-refractivity contribution in [3.8, 4) is 0 Å². The van der Waals surface area contributed by atoms with E-state index in [1.807, 2.05) is 60.7 Å². The fourth-order valence-corrected chi connectivity index (χ4v) is 16.0. The molecule has 2 unspecified atom stereocenters. The minimum Gasteiger partial charge on any atom is -0.456 e. The average Bonchev–Trinajstić information content (AvgIpc) is 3.34. The van der Waals surface area contributed by atoms with Gasteiger partial charge in [0.1, 0.15) is 23.9 Å². The van der Waals surface area contributed by atoms with Crippen LogP contribution in [-0.2, 0) is 56.5 Å². The van der Waals surface area contributed by atoms with Crippen molar-refractivity contribution < 1.29 is 71.1 Å². The van der Waals surface area contributed by atoms with Gasteiger partial charge in [0.05, 0.1) is 37.2 Å². The van der Waals surface area contributed by atoms with Crippen molar-refractivity contribution in [1.29, 1.82) is 0 Å². The zero-order valence-electron chi connectivity index (χ0n) is 46.9. The van der Waals surface area contributed by atoms with Gasteiger partial charge in [-0.3, -0.25) is 14.4 Å². The fraction of sp³-hybridized carbons (Fsp3) is 0.614. The minimum atomic E-state index is -2.94. The zero-order valence-corrected chi connectivity index (χ0v) is 48.9. The number of methoxy groups -OCH3 is 1. The number of amides is 1. The molecule has 16 nitrogen and oxygen atoms in total. The van der Waals surface area contributed by atoms with Crippen LogP contribution in [0.3, 0.4) is 0 Å². The number of rotatable bonds is 17. The van der Waals surface area contributed by atoms with E-state index in [0.29, 0.717) is 40.4 Å². The molecule has 2 N–H and O–H groups in total. The molecule has 11 atom stereocenters. The van der Waals surface area contributed by atoms with Gasteiger partial charge in [-0.05, 0) is 92.8 Å². The number of hydrogen-bond acceptors (Lipinski definition) is 15. The Labute approximate surface area is 445 Å². The summed E-state index contributed by atoms with van der Waals surface area (Å²) in [5.41, 5.74) is -5.78. The summed E-state index contributed by atoms with van der Waals surface area (Å²) in [7, 11) is -4.46. The zero-order chi connectivity index (χ0) is 55.9. The molecule has 3 aliphatic carbocycles. The van der Waals surface area contributed by atoms with Crippen molar-refractivity contribution >= 4 is 52.4 Å². The predicted octanol–water partition coefficient (Wildman–Crippen LogP) is 9.67. The molecule has 1 heterocycles. The van der Waals surface area contributed by atoms with Gasteiger partial charge in [-0.25, -0.2) is 14.4 Å². The molecule has 75 heavy (non-hydrogen) atoms. The van der Waals surface area contributed by atoms with Crippen LogP contribution in [0.4, 0.5) is 4.79 Å². The van der Waals surface area contributed by atoms with Crippen molar-refractivity contribution in [3.63, 3.8) is 0 Å². The van der Waals surface area contributed by atoms with Crippen LogP contribution in [0, 0.1) is 16.7 Å². The first-order chi connectivity index (χ1) is 34.9. The maximum Gasteiger partial charge on any atom is 0.508 e. The van der Waals surface area contributed by atoms with E-state index >= 15 is 9.59 Å². The van der Waals surface area contributed by atoms with Crippen LogP contribution in [0.5, 0.6) is 0 Å². The highest BCUT2D eigenvalue weighted by Gasteiger charge is 2.79. The Morgan fingerprint density at radius 2 is 1.48 bits per heavy atom. The topological polar surface area (TPSA) is 209 Å². The van der Waals surface area contributed by atoms with Gasteiger partial charge in [0.15, 0.2) is 40.2 Å². The second-order valence-corrected chi connectivity index (χ2v) is 32.9. The van der Waals surface area contributed by atoms with Crippen LogP contribution in [-0.4, -0.2) is 119 Å². The highest BCUT2D eigenvalue weighted by Crippen LogP contribution is 2.65. The van der Waals surface area contributed by atoms with E-state index < -0.39 is 134 Å². The van der Waals surface area contributed by atoms with Crippen molar-refractivity contribution in [2.24, 2.45) is 16.7 Å². The second-order valence-electron chi connectivity index (χ2n) is 23.4. The van der Waals surface area contributed by atoms with E-state index in [4.69, 9.17) is 37.3 Å². The Bertz CT molecular complexity index is 2520. The van der Waals surface area contributed by atoms with E-state index in [9.17, 15) is 24.3 Å². The van der Waals surface area contributed by atoms with E-state index in [1.165, 1.54) is 13.0 Å². The molecule has 2 bridgehead atoms. The van der Waals surface area contributed by atoms with Crippen LogP contribution >= 0.6 is 0 Å². The Balaban J connectivity index is 1.65. The smallest absolute Gasteiger partial charge is 0.456 e. The number of fused-ring (bicyclic) bond motifs is 5. The fourth-order valence-electron chi connectivity index (χ4n) is 11.8. The quantitative estimate of drug-likeness (QED) is 0.0497. The number of esters is 3. The largest absolute Gasteiger partial charge is 0.508 e. The Hall–Kier alpha value is -4.99. The third-order valence-corrected chi connectivity index (χ3v) is 26.6. The van der Waals surface area contributed by atoms with Crippen LogP contribution in [0.1, 0.15) is 125 Å². The van der Waals surface area contributed by atoms with Gasteiger partial charge in [-0.2, -0.15) is 0 Å². The van der Waals surface area contributed by atoms with E-state index in [0.717, 1.165) is 7.11 Å². The molecule has 412 valence electrons. The number of benzene rings is 2. The van der Waals surface area contributed by atoms with Crippen molar-refractivity contribution in [1.82, 2.24) is 5.32 Å². The van der Waals surface area contributed by atoms with Crippen LogP contribution in [0.15, 0.2) is 83.5 Å². The van der Waals surface area contributed by atoms with E-state index in [1.54, 1.807) is 96.1 Å². The molecular formula is C57H81NO15Si2. The molecule has 3 fully saturated rings. The standard InChI is InChI=1S/C57H81NO15Si2/c1-17-75(18-2,19-3)72-40-31-41-56(33-67-41,71-52(64)66-14)47-49(70-42(60)30-34(4)5)57(65)32-39(35(6)43(54(57,11)12)45(68-36(7)59)48(61)55(40,47)13)69-51(63)46(73-74(15,16)53(8,9)10)44(37-26-22-20-23-27-37)58-50(62)38-28-24-21-25-29-38/h20-30,39-41,44-47,49,65H,17-19,31-33H2,1-16H3,(H,58,62)/t39-,40-,41+,44-,45+,46+,47?,49?,55+,56-,57+/m0/s1. The summed E-state index contributed by atoms with van der Waals surface area (Å²) in [6.45, 7) is 27.1. The first kappa shape index (κ1) is 59.3. The molecule has 0 spiro atoms. The average molecular weight is 1080 g/mol. The summed E-state index contributed by atoms with van der Waals surface area (Å²) >= 11 is 0. The Kier molecular flexibility index (Phi) is 17.5. The van der Waals surface area contributed by atoms with Gasteiger partial charge in [0.2, 0.25) is 0 Å². The summed E-state index contributed by atoms with van der Waals surface area (Å²) in [5, 5.41) is 17.0. The lowest BCUT2D eigenvalue weighted by atomic mass is 9.44. The molecule has 1 saturated heterocycles. The third kappa shape index (κ3) is 11.0.